The number of aromatic nitrogens is 4. The van der Waals surface area contributed by atoms with Gasteiger partial charge < -0.3 is 25.1 Å². The van der Waals surface area contributed by atoms with Crippen molar-refractivity contribution in [2.45, 2.75) is 11.8 Å². The highest BCUT2D eigenvalue weighted by Gasteiger charge is 2.16. The number of pyridine rings is 2. The van der Waals surface area contributed by atoms with Crippen molar-refractivity contribution in [3.63, 3.8) is 0 Å². The minimum Gasteiger partial charge on any atom is -0.488 e. The highest BCUT2D eigenvalue weighted by atomic mass is 32.2. The second-order valence-corrected chi connectivity index (χ2v) is 9.57. The fraction of sp³-hybridized carbons (Fsp3) is 0.217. The van der Waals surface area contributed by atoms with Crippen LogP contribution < -0.4 is 15.4 Å². The van der Waals surface area contributed by atoms with Crippen molar-refractivity contribution in [1.29, 1.82) is 5.26 Å². The van der Waals surface area contributed by atoms with Gasteiger partial charge in [-0.2, -0.15) is 5.26 Å². The number of para-hydroxylation sites is 1. The Kier molecular flexibility index (Phi) is 6.81. The van der Waals surface area contributed by atoms with Crippen molar-refractivity contribution in [3.05, 3.63) is 54.0 Å². The minimum absolute atomic E-state index is 0.116. The first-order valence-corrected chi connectivity index (χ1v) is 12.4. The summed E-state index contributed by atoms with van der Waals surface area (Å²) < 4.78 is 35.0. The van der Waals surface area contributed by atoms with Gasteiger partial charge in [0, 0.05) is 19.4 Å². The molecule has 3 heterocycles. The van der Waals surface area contributed by atoms with Crippen molar-refractivity contribution < 1.29 is 17.9 Å². The molecule has 0 saturated heterocycles. The lowest BCUT2D eigenvalue weighted by Crippen LogP contribution is -2.07. The number of nitriles is 1. The standard InChI is InChI=1S/C23H23N7O4S/c1-14-25-22-16(27-15-6-4-5-7-19(15)35(3,31)32)12-21(30-23(22)26-14)29-20-9-8-18(17(13-24)28-20)34-11-10-33-2/h4-9,12H,10-11H2,1-3H3,(H3,25,26,27,28,29,30). The first kappa shape index (κ1) is 23.9. The van der Waals surface area contributed by atoms with E-state index in [9.17, 15) is 13.7 Å². The fourth-order valence-electron chi connectivity index (χ4n) is 3.38. The van der Waals surface area contributed by atoms with Crippen LogP contribution in [0, 0.1) is 18.3 Å². The maximum Gasteiger partial charge on any atom is 0.184 e. The number of aryl methyl sites for hydroxylation is 1. The number of hydrogen-bond acceptors (Lipinski definition) is 10. The van der Waals surface area contributed by atoms with E-state index < -0.39 is 9.84 Å². The van der Waals surface area contributed by atoms with E-state index in [1.165, 1.54) is 6.07 Å². The summed E-state index contributed by atoms with van der Waals surface area (Å²) in [6.45, 7) is 2.48. The Morgan fingerprint density at radius 1 is 1.03 bits per heavy atom. The van der Waals surface area contributed by atoms with Crippen LogP contribution in [0.2, 0.25) is 0 Å². The van der Waals surface area contributed by atoms with Crippen LogP contribution in [-0.4, -0.2) is 54.9 Å². The van der Waals surface area contributed by atoms with Crippen LogP contribution in [0.5, 0.6) is 5.75 Å². The van der Waals surface area contributed by atoms with Crippen LogP contribution in [0.25, 0.3) is 11.2 Å². The van der Waals surface area contributed by atoms with Crippen molar-refractivity contribution in [2.75, 3.05) is 37.2 Å². The van der Waals surface area contributed by atoms with Crippen molar-refractivity contribution in [1.82, 2.24) is 19.9 Å². The lowest BCUT2D eigenvalue weighted by Gasteiger charge is -2.13. The number of H-pyrrole nitrogens is 1. The Morgan fingerprint density at radius 3 is 2.57 bits per heavy atom. The maximum absolute atomic E-state index is 12.3. The van der Waals surface area contributed by atoms with Gasteiger partial charge in [-0.25, -0.2) is 23.4 Å². The van der Waals surface area contributed by atoms with Crippen molar-refractivity contribution in [2.24, 2.45) is 0 Å². The van der Waals surface area contributed by atoms with Crippen LogP contribution in [-0.2, 0) is 14.6 Å². The lowest BCUT2D eigenvalue weighted by atomic mass is 10.2. The highest BCUT2D eigenvalue weighted by Crippen LogP contribution is 2.31. The molecule has 0 fully saturated rings. The second-order valence-electron chi connectivity index (χ2n) is 7.59. The number of benzene rings is 1. The van der Waals surface area contributed by atoms with Gasteiger partial charge in [0.1, 0.15) is 35.7 Å². The Balaban J connectivity index is 1.69. The lowest BCUT2D eigenvalue weighted by molar-refractivity contribution is 0.146. The van der Waals surface area contributed by atoms with Crippen molar-refractivity contribution in [3.8, 4) is 11.8 Å². The van der Waals surface area contributed by atoms with Gasteiger partial charge in [-0.15, -0.1) is 0 Å². The molecule has 0 atom stereocenters. The summed E-state index contributed by atoms with van der Waals surface area (Å²) in [5.74, 6) is 1.78. The molecule has 0 saturated carbocycles. The molecular formula is C23H23N7O4S. The molecule has 1 aromatic carbocycles. The van der Waals surface area contributed by atoms with Crippen LogP contribution in [0.4, 0.5) is 23.0 Å². The number of methoxy groups -OCH3 is 1. The molecule has 35 heavy (non-hydrogen) atoms. The Hall–Kier alpha value is -4.21. The van der Waals surface area contributed by atoms with Crippen molar-refractivity contribution >= 4 is 44.0 Å². The monoisotopic (exact) mass is 493 g/mol. The maximum atomic E-state index is 12.3. The Bertz CT molecular complexity index is 1530. The van der Waals surface area contributed by atoms with E-state index >= 15 is 0 Å². The average molecular weight is 494 g/mol. The number of aromatic amines is 1. The van der Waals surface area contributed by atoms with E-state index in [4.69, 9.17) is 9.47 Å². The van der Waals surface area contributed by atoms with E-state index in [0.29, 0.717) is 59.0 Å². The quantitative estimate of drug-likeness (QED) is 0.295. The molecular weight excluding hydrogens is 470 g/mol. The predicted octanol–water partition coefficient (Wildman–Crippen LogP) is 3.45. The number of fused-ring (bicyclic) bond motifs is 1. The van der Waals surface area contributed by atoms with E-state index in [0.717, 1.165) is 6.26 Å². The van der Waals surface area contributed by atoms with E-state index in [-0.39, 0.29) is 10.6 Å². The number of hydrogen-bond donors (Lipinski definition) is 3. The number of anilines is 4. The normalized spacial score (nSPS) is 11.3. The molecule has 0 aliphatic heterocycles. The number of nitrogens with one attached hydrogen (secondary N) is 3. The van der Waals surface area contributed by atoms with E-state index in [2.05, 4.69) is 30.6 Å². The molecule has 0 aliphatic rings. The van der Waals surface area contributed by atoms with Gasteiger partial charge in [-0.1, -0.05) is 12.1 Å². The van der Waals surface area contributed by atoms with Crippen LogP contribution in [0.1, 0.15) is 11.5 Å². The number of rotatable bonds is 9. The van der Waals surface area contributed by atoms with Gasteiger partial charge >= 0.3 is 0 Å². The molecule has 0 unspecified atom stereocenters. The zero-order chi connectivity index (χ0) is 25.0. The Morgan fingerprint density at radius 2 is 1.83 bits per heavy atom. The second kappa shape index (κ2) is 9.96. The molecule has 180 valence electrons. The SMILES string of the molecule is COCCOc1ccc(Nc2cc(Nc3ccccc3S(C)(=O)=O)c3nc(C)[nH]c3n2)nc1C#N. The molecule has 11 nitrogen and oxygen atoms in total. The number of nitrogens with zero attached hydrogens (tertiary/aromatic N) is 4. The molecule has 4 aromatic rings. The summed E-state index contributed by atoms with van der Waals surface area (Å²) in [5.41, 5.74) is 2.11. The summed E-state index contributed by atoms with van der Waals surface area (Å²) in [5, 5.41) is 15.7. The summed E-state index contributed by atoms with van der Waals surface area (Å²) in [4.78, 5) is 16.6. The van der Waals surface area contributed by atoms with Gasteiger partial charge in [-0.3, -0.25) is 0 Å². The van der Waals surface area contributed by atoms with Gasteiger partial charge in [0.25, 0.3) is 0 Å². The first-order valence-electron chi connectivity index (χ1n) is 10.5. The highest BCUT2D eigenvalue weighted by molar-refractivity contribution is 7.90. The minimum atomic E-state index is -3.46. The number of imidazole rings is 1. The summed E-state index contributed by atoms with van der Waals surface area (Å²) in [6.07, 6.45) is 1.16. The smallest absolute Gasteiger partial charge is 0.184 e. The third kappa shape index (κ3) is 5.48. The van der Waals surface area contributed by atoms with Crippen LogP contribution in [0.3, 0.4) is 0 Å². The molecule has 0 spiro atoms. The molecule has 0 amide bonds. The predicted molar refractivity (Wildman–Crippen MR) is 131 cm³/mol. The number of ether oxygens (including phenoxy) is 2. The molecule has 12 heteroatoms. The molecule has 0 radical (unpaired) electrons. The molecule has 0 aliphatic carbocycles. The summed E-state index contributed by atoms with van der Waals surface area (Å²) >= 11 is 0. The Labute approximate surface area is 202 Å². The van der Waals surface area contributed by atoms with Crippen LogP contribution in [0.15, 0.2) is 47.4 Å². The van der Waals surface area contributed by atoms with E-state index in [1.807, 2.05) is 6.07 Å². The summed E-state index contributed by atoms with van der Waals surface area (Å²) in [7, 11) is -1.90. The third-order valence-electron chi connectivity index (χ3n) is 4.89. The van der Waals surface area contributed by atoms with Crippen LogP contribution >= 0.6 is 0 Å². The fourth-order valence-corrected chi connectivity index (χ4v) is 4.23. The average Bonchev–Trinajstić information content (AvgIpc) is 3.20. The first-order chi connectivity index (χ1) is 16.8. The molecule has 3 N–H and O–H groups in total. The van der Waals surface area contributed by atoms with Gasteiger partial charge in [0.15, 0.2) is 26.9 Å². The van der Waals surface area contributed by atoms with Gasteiger partial charge in [0.05, 0.1) is 22.9 Å². The number of sulfone groups is 1. The third-order valence-corrected chi connectivity index (χ3v) is 6.05. The zero-order valence-corrected chi connectivity index (χ0v) is 20.1. The van der Waals surface area contributed by atoms with Gasteiger partial charge in [-0.05, 0) is 31.2 Å². The molecule has 3 aromatic heterocycles. The topological polar surface area (TPSA) is 155 Å². The largest absolute Gasteiger partial charge is 0.488 e. The molecule has 0 bridgehead atoms. The van der Waals surface area contributed by atoms with Gasteiger partial charge in [0.2, 0.25) is 0 Å². The molecule has 4 rings (SSSR count). The summed E-state index contributed by atoms with van der Waals surface area (Å²) in [6, 6.07) is 13.6. The van der Waals surface area contributed by atoms with E-state index in [1.54, 1.807) is 50.4 Å². The zero-order valence-electron chi connectivity index (χ0n) is 19.3.